The Balaban J connectivity index is 2.28. The number of fused-ring (bicyclic) bond motifs is 3. The van der Waals surface area contributed by atoms with E-state index in [1.54, 1.807) is 0 Å². The fourth-order valence-corrected chi connectivity index (χ4v) is 2.97. The van der Waals surface area contributed by atoms with Gasteiger partial charge in [0.1, 0.15) is 0 Å². The van der Waals surface area contributed by atoms with Crippen LogP contribution in [0, 0.1) is 0 Å². The normalized spacial score (nSPS) is 11.6. The number of hydrogen-bond donors (Lipinski definition) is 0. The number of benzene rings is 3. The smallest absolute Gasteiger partial charge is 0.150 e. The zero-order chi connectivity index (χ0) is 12.1. The number of carbonyl (C=O) groups is 1. The van der Waals surface area contributed by atoms with Gasteiger partial charge in [0.25, 0.3) is 0 Å². The van der Waals surface area contributed by atoms with E-state index in [0.717, 1.165) is 17.4 Å². The molecule has 0 N–H and O–H groups in total. The van der Waals surface area contributed by atoms with Crippen molar-refractivity contribution in [1.82, 2.24) is 0 Å². The second-order valence-electron chi connectivity index (χ2n) is 4.60. The van der Waals surface area contributed by atoms with Gasteiger partial charge in [-0.25, -0.2) is 0 Å². The number of carbonyl (C=O) groups excluding carboxylic acids is 1. The van der Waals surface area contributed by atoms with Gasteiger partial charge in [0.15, 0.2) is 6.29 Å². The van der Waals surface area contributed by atoms with Gasteiger partial charge in [0.05, 0.1) is 0 Å². The van der Waals surface area contributed by atoms with E-state index in [4.69, 9.17) is 0 Å². The minimum absolute atomic E-state index is 0.774. The Bertz CT molecular complexity index is 795. The second-order valence-corrected chi connectivity index (χ2v) is 4.60. The fraction of sp³-hybridized carbons (Fsp3) is 0. The molecule has 1 nitrogen and oxygen atoms in total. The van der Waals surface area contributed by atoms with Crippen molar-refractivity contribution in [2.75, 3.05) is 0 Å². The predicted molar refractivity (Wildman–Crippen MR) is 73.8 cm³/mol. The standard InChI is InChI=1S/C17H10O/c18-10-12-6-3-8-14-13-7-1-4-11-5-2-9-15(16(11)13)17(12)14/h1-10H. The molecule has 1 heteroatoms. The SMILES string of the molecule is O=Cc1cccc2c1-c1cccc3cccc-2c13. The molecule has 1 aliphatic carbocycles. The van der Waals surface area contributed by atoms with Gasteiger partial charge in [-0.15, -0.1) is 0 Å². The Labute approximate surface area is 105 Å². The van der Waals surface area contributed by atoms with Crippen molar-refractivity contribution in [2.45, 2.75) is 0 Å². The molecular weight excluding hydrogens is 220 g/mol. The minimum Gasteiger partial charge on any atom is -0.298 e. The first-order valence-corrected chi connectivity index (χ1v) is 6.01. The molecule has 0 saturated carbocycles. The third kappa shape index (κ3) is 1.04. The lowest BCUT2D eigenvalue weighted by Crippen LogP contribution is -1.85. The molecule has 0 heterocycles. The molecule has 0 bridgehead atoms. The predicted octanol–water partition coefficient (Wildman–Crippen LogP) is 4.30. The van der Waals surface area contributed by atoms with Gasteiger partial charge in [-0.2, -0.15) is 0 Å². The first-order valence-electron chi connectivity index (χ1n) is 6.01. The van der Waals surface area contributed by atoms with Gasteiger partial charge in [0, 0.05) is 11.1 Å². The van der Waals surface area contributed by atoms with E-state index in [1.807, 2.05) is 12.1 Å². The molecule has 0 unspecified atom stereocenters. The maximum absolute atomic E-state index is 11.2. The summed E-state index contributed by atoms with van der Waals surface area (Å²) in [5, 5.41) is 2.50. The van der Waals surface area contributed by atoms with E-state index < -0.39 is 0 Å². The van der Waals surface area contributed by atoms with Gasteiger partial charge in [-0.3, -0.25) is 4.79 Å². The summed E-state index contributed by atoms with van der Waals surface area (Å²) in [6.07, 6.45) is 0.948. The van der Waals surface area contributed by atoms with E-state index in [0.29, 0.717) is 0 Å². The van der Waals surface area contributed by atoms with Gasteiger partial charge in [-0.1, -0.05) is 54.6 Å². The molecule has 0 radical (unpaired) electrons. The summed E-state index contributed by atoms with van der Waals surface area (Å²) in [6, 6.07) is 18.5. The largest absolute Gasteiger partial charge is 0.298 e. The Kier molecular flexibility index (Phi) is 1.76. The minimum atomic E-state index is 0.774. The maximum atomic E-state index is 11.2. The van der Waals surface area contributed by atoms with E-state index in [-0.39, 0.29) is 0 Å². The average molecular weight is 230 g/mol. The summed E-state index contributed by atoms with van der Waals surface area (Å²) in [4.78, 5) is 11.2. The maximum Gasteiger partial charge on any atom is 0.150 e. The molecule has 0 amide bonds. The molecule has 4 rings (SSSR count). The van der Waals surface area contributed by atoms with Crippen LogP contribution in [0.4, 0.5) is 0 Å². The van der Waals surface area contributed by atoms with Crippen molar-refractivity contribution in [3.05, 3.63) is 60.2 Å². The summed E-state index contributed by atoms with van der Waals surface area (Å²) in [7, 11) is 0. The van der Waals surface area contributed by atoms with Crippen molar-refractivity contribution in [2.24, 2.45) is 0 Å². The summed E-state index contributed by atoms with van der Waals surface area (Å²) in [5.41, 5.74) is 5.45. The molecule has 3 aromatic carbocycles. The van der Waals surface area contributed by atoms with Crippen LogP contribution >= 0.6 is 0 Å². The molecule has 0 atom stereocenters. The van der Waals surface area contributed by atoms with E-state index in [1.165, 1.54) is 27.5 Å². The van der Waals surface area contributed by atoms with Crippen LogP contribution in [-0.2, 0) is 0 Å². The first-order chi connectivity index (χ1) is 8.90. The average Bonchev–Trinajstić information content (AvgIpc) is 2.77. The summed E-state index contributed by atoms with van der Waals surface area (Å²) >= 11 is 0. The monoisotopic (exact) mass is 230 g/mol. The molecule has 3 aromatic rings. The van der Waals surface area contributed by atoms with Crippen LogP contribution in [0.5, 0.6) is 0 Å². The highest BCUT2D eigenvalue weighted by Crippen LogP contribution is 2.47. The quantitative estimate of drug-likeness (QED) is 0.445. The lowest BCUT2D eigenvalue weighted by Gasteiger charge is -2.03. The third-order valence-corrected chi connectivity index (χ3v) is 3.69. The molecule has 0 saturated heterocycles. The Hall–Kier alpha value is -2.41. The molecule has 0 spiro atoms. The number of aldehydes is 1. The Morgan fingerprint density at radius 2 is 1.39 bits per heavy atom. The van der Waals surface area contributed by atoms with Crippen molar-refractivity contribution >= 4 is 17.1 Å². The van der Waals surface area contributed by atoms with Gasteiger partial charge in [0.2, 0.25) is 0 Å². The van der Waals surface area contributed by atoms with Crippen LogP contribution in [0.1, 0.15) is 10.4 Å². The van der Waals surface area contributed by atoms with E-state index in [2.05, 4.69) is 42.5 Å². The van der Waals surface area contributed by atoms with E-state index >= 15 is 0 Å². The van der Waals surface area contributed by atoms with Crippen LogP contribution < -0.4 is 0 Å². The molecule has 0 aromatic heterocycles. The van der Waals surface area contributed by atoms with E-state index in [9.17, 15) is 4.79 Å². The lowest BCUT2D eigenvalue weighted by molar-refractivity contribution is 0.112. The summed E-state index contributed by atoms with van der Waals surface area (Å²) in [5.74, 6) is 0. The van der Waals surface area contributed by atoms with Crippen molar-refractivity contribution in [3.8, 4) is 22.3 Å². The highest BCUT2D eigenvalue weighted by atomic mass is 16.1. The third-order valence-electron chi connectivity index (χ3n) is 3.69. The van der Waals surface area contributed by atoms with Crippen LogP contribution in [0.2, 0.25) is 0 Å². The number of hydrogen-bond acceptors (Lipinski definition) is 1. The molecule has 0 aliphatic heterocycles. The highest BCUT2D eigenvalue weighted by Gasteiger charge is 2.22. The Morgan fingerprint density at radius 3 is 2.17 bits per heavy atom. The molecule has 1 aliphatic rings. The van der Waals surface area contributed by atoms with Crippen molar-refractivity contribution in [1.29, 1.82) is 0 Å². The number of rotatable bonds is 1. The van der Waals surface area contributed by atoms with Gasteiger partial charge in [-0.05, 0) is 27.5 Å². The Morgan fingerprint density at radius 1 is 0.722 bits per heavy atom. The molecular formula is C17H10O. The van der Waals surface area contributed by atoms with Crippen molar-refractivity contribution in [3.63, 3.8) is 0 Å². The molecule has 0 fully saturated rings. The van der Waals surface area contributed by atoms with Crippen LogP contribution in [0.3, 0.4) is 0 Å². The fourth-order valence-electron chi connectivity index (χ4n) is 2.97. The van der Waals surface area contributed by atoms with Crippen LogP contribution in [0.25, 0.3) is 33.0 Å². The van der Waals surface area contributed by atoms with Gasteiger partial charge < -0.3 is 0 Å². The topological polar surface area (TPSA) is 17.1 Å². The van der Waals surface area contributed by atoms with Crippen molar-refractivity contribution < 1.29 is 4.79 Å². The highest BCUT2D eigenvalue weighted by molar-refractivity contribution is 6.17. The van der Waals surface area contributed by atoms with Gasteiger partial charge >= 0.3 is 0 Å². The lowest BCUT2D eigenvalue weighted by atomic mass is 9.99. The zero-order valence-electron chi connectivity index (χ0n) is 9.68. The summed E-state index contributed by atoms with van der Waals surface area (Å²) < 4.78 is 0. The second kappa shape index (κ2) is 3.30. The van der Waals surface area contributed by atoms with Crippen LogP contribution in [-0.4, -0.2) is 6.29 Å². The van der Waals surface area contributed by atoms with Crippen LogP contribution in [0.15, 0.2) is 54.6 Å². The first kappa shape index (κ1) is 9.60. The zero-order valence-corrected chi connectivity index (χ0v) is 9.68. The molecule has 18 heavy (non-hydrogen) atoms. The molecule has 84 valence electrons. The summed E-state index contributed by atoms with van der Waals surface area (Å²) in [6.45, 7) is 0.